The molecular weight excluding hydrogens is 258 g/mol. The van der Waals surface area contributed by atoms with Crippen LogP contribution in [0.15, 0.2) is 24.4 Å². The number of benzene rings is 1. The van der Waals surface area contributed by atoms with Crippen molar-refractivity contribution in [3.8, 4) is 0 Å². The number of aliphatic carboxylic acids is 1. The van der Waals surface area contributed by atoms with Crippen LogP contribution in [-0.4, -0.2) is 45.2 Å². The zero-order valence-corrected chi connectivity index (χ0v) is 11.5. The number of hydrogen-bond donors (Lipinski definition) is 2. The molecule has 0 unspecified atom stereocenters. The summed E-state index contributed by atoms with van der Waals surface area (Å²) in [6.45, 7) is 4.01. The monoisotopic (exact) mass is 275 g/mol. The number of aromatic nitrogens is 2. The van der Waals surface area contributed by atoms with Gasteiger partial charge in [-0.1, -0.05) is 13.8 Å². The largest absolute Gasteiger partial charge is 0.480 e. The normalized spacial score (nSPS) is 10.9. The lowest BCUT2D eigenvalue weighted by Crippen LogP contribution is -2.38. The standard InChI is InChI=1S/C14H17N3O3/c1-9(2)7-17(8-13(18)19)14(20)10-3-4-12-11(5-10)6-15-16-12/h3-6,9H,7-8H2,1-2H3,(H,15,16)(H,18,19). The molecule has 0 fully saturated rings. The Morgan fingerprint density at radius 1 is 1.40 bits per heavy atom. The number of rotatable bonds is 5. The fourth-order valence-corrected chi connectivity index (χ4v) is 2.08. The van der Waals surface area contributed by atoms with E-state index in [1.165, 1.54) is 4.90 Å². The lowest BCUT2D eigenvalue weighted by Gasteiger charge is -2.22. The van der Waals surface area contributed by atoms with Crippen LogP contribution >= 0.6 is 0 Å². The molecule has 1 heterocycles. The molecule has 1 aromatic carbocycles. The fraction of sp³-hybridized carbons (Fsp3) is 0.357. The van der Waals surface area contributed by atoms with Crippen molar-refractivity contribution in [1.29, 1.82) is 0 Å². The van der Waals surface area contributed by atoms with Crippen LogP contribution in [-0.2, 0) is 4.79 Å². The van der Waals surface area contributed by atoms with Gasteiger partial charge in [0.15, 0.2) is 0 Å². The molecule has 0 saturated heterocycles. The molecule has 0 aliphatic carbocycles. The third-order valence-corrected chi connectivity index (χ3v) is 2.89. The topological polar surface area (TPSA) is 86.3 Å². The van der Waals surface area contributed by atoms with Crippen LogP contribution in [0.25, 0.3) is 10.9 Å². The Morgan fingerprint density at radius 2 is 2.15 bits per heavy atom. The van der Waals surface area contributed by atoms with Crippen molar-refractivity contribution >= 4 is 22.8 Å². The van der Waals surface area contributed by atoms with E-state index >= 15 is 0 Å². The first-order valence-corrected chi connectivity index (χ1v) is 6.41. The van der Waals surface area contributed by atoms with Crippen molar-refractivity contribution in [2.24, 2.45) is 5.92 Å². The van der Waals surface area contributed by atoms with E-state index in [1.54, 1.807) is 24.4 Å². The highest BCUT2D eigenvalue weighted by atomic mass is 16.4. The van der Waals surface area contributed by atoms with Gasteiger partial charge >= 0.3 is 5.97 Å². The van der Waals surface area contributed by atoms with Crippen LogP contribution in [0.5, 0.6) is 0 Å². The van der Waals surface area contributed by atoms with Gasteiger partial charge in [0, 0.05) is 17.5 Å². The van der Waals surface area contributed by atoms with Gasteiger partial charge in [-0.15, -0.1) is 0 Å². The second-order valence-electron chi connectivity index (χ2n) is 5.15. The van der Waals surface area contributed by atoms with E-state index in [0.29, 0.717) is 12.1 Å². The van der Waals surface area contributed by atoms with Gasteiger partial charge in [0.05, 0.1) is 11.7 Å². The van der Waals surface area contributed by atoms with Crippen molar-refractivity contribution in [2.75, 3.05) is 13.1 Å². The van der Waals surface area contributed by atoms with Crippen LogP contribution in [0.3, 0.4) is 0 Å². The number of amides is 1. The molecule has 0 aliphatic heterocycles. The molecule has 20 heavy (non-hydrogen) atoms. The van der Waals surface area contributed by atoms with Gasteiger partial charge in [0.25, 0.3) is 5.91 Å². The molecule has 6 nitrogen and oxygen atoms in total. The van der Waals surface area contributed by atoms with Gasteiger partial charge in [0.1, 0.15) is 6.54 Å². The number of nitrogens with zero attached hydrogens (tertiary/aromatic N) is 2. The molecule has 0 radical (unpaired) electrons. The zero-order chi connectivity index (χ0) is 14.7. The molecule has 2 aromatic rings. The van der Waals surface area contributed by atoms with E-state index in [1.807, 2.05) is 13.8 Å². The first-order chi connectivity index (χ1) is 9.47. The highest BCUT2D eigenvalue weighted by molar-refractivity contribution is 5.99. The molecule has 0 spiro atoms. The zero-order valence-electron chi connectivity index (χ0n) is 11.5. The number of carbonyl (C=O) groups excluding carboxylic acids is 1. The van der Waals surface area contributed by atoms with Crippen molar-refractivity contribution in [3.05, 3.63) is 30.0 Å². The van der Waals surface area contributed by atoms with Crippen LogP contribution in [0.1, 0.15) is 24.2 Å². The Kier molecular flexibility index (Phi) is 4.02. The first-order valence-electron chi connectivity index (χ1n) is 6.41. The molecular formula is C14H17N3O3. The summed E-state index contributed by atoms with van der Waals surface area (Å²) in [6.07, 6.45) is 1.64. The number of hydrogen-bond acceptors (Lipinski definition) is 3. The lowest BCUT2D eigenvalue weighted by molar-refractivity contribution is -0.137. The molecule has 106 valence electrons. The van der Waals surface area contributed by atoms with E-state index in [9.17, 15) is 9.59 Å². The van der Waals surface area contributed by atoms with E-state index in [0.717, 1.165) is 10.9 Å². The molecule has 0 atom stereocenters. The minimum Gasteiger partial charge on any atom is -0.480 e. The molecule has 2 rings (SSSR count). The third-order valence-electron chi connectivity index (χ3n) is 2.89. The van der Waals surface area contributed by atoms with Crippen molar-refractivity contribution < 1.29 is 14.7 Å². The van der Waals surface area contributed by atoms with E-state index < -0.39 is 5.97 Å². The fourth-order valence-electron chi connectivity index (χ4n) is 2.08. The Balaban J connectivity index is 2.26. The van der Waals surface area contributed by atoms with Crippen molar-refractivity contribution in [1.82, 2.24) is 15.1 Å². The highest BCUT2D eigenvalue weighted by Gasteiger charge is 2.19. The van der Waals surface area contributed by atoms with E-state index in [-0.39, 0.29) is 18.4 Å². The van der Waals surface area contributed by atoms with Crippen LogP contribution in [0.2, 0.25) is 0 Å². The number of aromatic amines is 1. The van der Waals surface area contributed by atoms with Crippen LogP contribution in [0, 0.1) is 5.92 Å². The van der Waals surface area contributed by atoms with Gasteiger partial charge < -0.3 is 10.0 Å². The summed E-state index contributed by atoms with van der Waals surface area (Å²) in [4.78, 5) is 24.7. The maximum absolute atomic E-state index is 12.4. The van der Waals surface area contributed by atoms with Gasteiger partial charge in [-0.3, -0.25) is 14.7 Å². The van der Waals surface area contributed by atoms with Crippen LogP contribution in [0.4, 0.5) is 0 Å². The van der Waals surface area contributed by atoms with Gasteiger partial charge in [-0.2, -0.15) is 5.10 Å². The maximum atomic E-state index is 12.4. The summed E-state index contributed by atoms with van der Waals surface area (Å²) < 4.78 is 0. The Bertz CT molecular complexity index is 633. The highest BCUT2D eigenvalue weighted by Crippen LogP contribution is 2.15. The number of fused-ring (bicyclic) bond motifs is 1. The summed E-state index contributed by atoms with van der Waals surface area (Å²) in [5.74, 6) is -1.08. The molecule has 0 bridgehead atoms. The summed E-state index contributed by atoms with van der Waals surface area (Å²) in [6, 6.07) is 5.16. The average Bonchev–Trinajstić information content (AvgIpc) is 2.83. The summed E-state index contributed by atoms with van der Waals surface area (Å²) in [7, 11) is 0. The van der Waals surface area contributed by atoms with Gasteiger partial charge in [0.2, 0.25) is 0 Å². The second kappa shape index (κ2) is 5.73. The number of carboxylic acids is 1. The number of H-pyrrole nitrogens is 1. The minimum atomic E-state index is -1.01. The molecule has 0 aliphatic rings. The predicted molar refractivity (Wildman–Crippen MR) is 74.5 cm³/mol. The Hall–Kier alpha value is -2.37. The minimum absolute atomic E-state index is 0.205. The first kappa shape index (κ1) is 14.0. The smallest absolute Gasteiger partial charge is 0.323 e. The van der Waals surface area contributed by atoms with Crippen molar-refractivity contribution in [3.63, 3.8) is 0 Å². The SMILES string of the molecule is CC(C)CN(CC(=O)O)C(=O)c1ccc2[nH]ncc2c1. The van der Waals surface area contributed by atoms with E-state index in [2.05, 4.69) is 10.2 Å². The lowest BCUT2D eigenvalue weighted by atomic mass is 10.1. The molecule has 0 saturated carbocycles. The molecule has 1 aromatic heterocycles. The maximum Gasteiger partial charge on any atom is 0.323 e. The number of carbonyl (C=O) groups is 2. The Labute approximate surface area is 116 Å². The quantitative estimate of drug-likeness (QED) is 0.870. The van der Waals surface area contributed by atoms with Gasteiger partial charge in [-0.25, -0.2) is 0 Å². The van der Waals surface area contributed by atoms with Crippen LogP contribution < -0.4 is 0 Å². The number of nitrogens with one attached hydrogen (secondary N) is 1. The summed E-state index contributed by atoms with van der Waals surface area (Å²) in [5.41, 5.74) is 1.32. The average molecular weight is 275 g/mol. The number of carboxylic acid groups (broad SMARTS) is 1. The Morgan fingerprint density at radius 3 is 2.80 bits per heavy atom. The third kappa shape index (κ3) is 3.14. The molecule has 1 amide bonds. The van der Waals surface area contributed by atoms with E-state index in [4.69, 9.17) is 5.11 Å². The second-order valence-corrected chi connectivity index (χ2v) is 5.15. The summed E-state index contributed by atoms with van der Waals surface area (Å²) in [5, 5.41) is 16.5. The molecule has 6 heteroatoms. The predicted octanol–water partition coefficient (Wildman–Crippen LogP) is 1.75. The molecule has 2 N–H and O–H groups in total. The van der Waals surface area contributed by atoms with Gasteiger partial charge in [-0.05, 0) is 24.1 Å². The van der Waals surface area contributed by atoms with Crippen molar-refractivity contribution in [2.45, 2.75) is 13.8 Å². The summed E-state index contributed by atoms with van der Waals surface area (Å²) >= 11 is 0.